The maximum atomic E-state index is 14.9. The number of fused-ring (bicyclic) bond motifs is 10. The summed E-state index contributed by atoms with van der Waals surface area (Å²) in [5, 5.41) is 0. The molecular weight excluding hydrogens is 532 g/mol. The van der Waals surface area contributed by atoms with Crippen molar-refractivity contribution in [1.29, 1.82) is 0 Å². The zero-order valence-electron chi connectivity index (χ0n) is 22.2. The Hall–Kier alpha value is -3.36. The molecule has 0 amide bonds. The molecule has 10 aliphatic heterocycles. The van der Waals surface area contributed by atoms with Crippen LogP contribution in [0.5, 0.6) is 0 Å². The first-order valence-corrected chi connectivity index (χ1v) is 20.9. The van der Waals surface area contributed by atoms with E-state index >= 15 is 0 Å². The standard InChI is InChI=1S/C23H19O.C14H9O.Fe/c1-2-9-21-20(19-12-7-4-8-13-19)15-16-22(21)23(24)17-14-18-10-5-3-6-11-18;15-14(13-8-4-5-9-13)11-10-12-6-2-1-3-7-12;/h3-8,10-13,15-16H,2,9H2,1H3;1-9H;. The van der Waals surface area contributed by atoms with Gasteiger partial charge in [0.15, 0.2) is 0 Å². The molecular formula is C37H28FeO2. The van der Waals surface area contributed by atoms with Crippen LogP contribution in [0.3, 0.4) is 0 Å². The Labute approximate surface area is 224 Å². The first-order chi connectivity index (χ1) is 19.4. The summed E-state index contributed by atoms with van der Waals surface area (Å²) in [7, 11) is 0. The van der Waals surface area contributed by atoms with Crippen molar-refractivity contribution in [2.24, 2.45) is 0 Å². The summed E-state index contributed by atoms with van der Waals surface area (Å²) in [5.41, 5.74) is 3.31. The number of Topliss-reactive ketones (excluding diaryl/α,β-unsaturated/α-hetero) is 2. The number of hydrogen-bond acceptors (Lipinski definition) is 2. The minimum atomic E-state index is -4.98. The first kappa shape index (κ1) is 19.7. The topological polar surface area (TPSA) is 34.1 Å². The van der Waals surface area contributed by atoms with Crippen molar-refractivity contribution in [2.45, 2.75) is 65.9 Å². The van der Waals surface area contributed by atoms with Gasteiger partial charge in [0, 0.05) is 0 Å². The van der Waals surface area contributed by atoms with E-state index in [1.54, 1.807) is 0 Å². The van der Waals surface area contributed by atoms with Crippen LogP contribution in [0.4, 0.5) is 0 Å². The van der Waals surface area contributed by atoms with E-state index < -0.39 is 6.51 Å². The summed E-state index contributed by atoms with van der Waals surface area (Å²) < 4.78 is -0.274. The van der Waals surface area contributed by atoms with Gasteiger partial charge in [0.2, 0.25) is 0 Å². The number of carbonyl (C=O) groups excluding carboxylic acids is 2. The Morgan fingerprint density at radius 3 is 1.75 bits per heavy atom. The molecule has 10 heterocycles. The van der Waals surface area contributed by atoms with Gasteiger partial charge in [-0.2, -0.15) is 0 Å². The van der Waals surface area contributed by atoms with Crippen molar-refractivity contribution in [3.63, 3.8) is 0 Å². The van der Waals surface area contributed by atoms with Gasteiger partial charge in [0.05, 0.1) is 0 Å². The minimum absolute atomic E-state index is 0.0665. The van der Waals surface area contributed by atoms with Crippen LogP contribution in [0.25, 0.3) is 0 Å². The van der Waals surface area contributed by atoms with Crippen LogP contribution in [0.2, 0.25) is 41.8 Å². The van der Waals surface area contributed by atoms with Crippen molar-refractivity contribution in [1.82, 2.24) is 0 Å². The summed E-state index contributed by atoms with van der Waals surface area (Å²) in [6.07, 6.45) is 2.20. The SMILES string of the molecule is CCC[C]12[C]3(C(=O)C#Cc4ccccc4)[CH]4[CH]5[C]1(c1ccccc1)[Fe]45321678[CH]2[CH]1[CH]6[C]7(C(=O)C#Cc1ccccc1)[CH]28. The van der Waals surface area contributed by atoms with E-state index in [2.05, 4.69) is 60.9 Å². The maximum absolute atomic E-state index is 14.9. The molecule has 1 spiro atoms. The van der Waals surface area contributed by atoms with Crippen LogP contribution in [0.15, 0.2) is 91.0 Å². The van der Waals surface area contributed by atoms with Gasteiger partial charge < -0.3 is 0 Å². The number of rotatable bonds is 5. The molecule has 10 saturated heterocycles. The summed E-state index contributed by atoms with van der Waals surface area (Å²) in [4.78, 5) is 33.3. The Bertz CT molecular complexity index is 2440. The third-order valence-corrected chi connectivity index (χ3v) is 64.3. The fourth-order valence-corrected chi connectivity index (χ4v) is 103. The predicted molar refractivity (Wildman–Crippen MR) is 150 cm³/mol. The van der Waals surface area contributed by atoms with Gasteiger partial charge in [0.1, 0.15) is 0 Å². The fourth-order valence-electron chi connectivity index (χ4n) is 23.1. The third kappa shape index (κ3) is 0.417. The molecule has 0 bridgehead atoms. The van der Waals surface area contributed by atoms with Gasteiger partial charge in [-0.15, -0.1) is 0 Å². The normalized spacial score (nSPS) is 61.8. The molecule has 40 heavy (non-hydrogen) atoms. The van der Waals surface area contributed by atoms with Crippen molar-refractivity contribution in [2.75, 3.05) is 0 Å². The Morgan fingerprint density at radius 2 is 1.23 bits per heavy atom. The second-order valence-corrected chi connectivity index (χ2v) is 38.7. The van der Waals surface area contributed by atoms with Crippen molar-refractivity contribution < 1.29 is 16.1 Å². The molecule has 9 unspecified atom stereocenters. The second kappa shape index (κ2) is 2.99. The molecule has 3 heteroatoms. The van der Waals surface area contributed by atoms with Crippen LogP contribution >= 0.6 is 0 Å². The summed E-state index contributed by atoms with van der Waals surface area (Å²) in [6.45, 7) is -2.67. The van der Waals surface area contributed by atoms with E-state index in [1.807, 2.05) is 60.7 Å². The van der Waals surface area contributed by atoms with E-state index in [1.165, 1.54) is 5.56 Å². The molecule has 3 aromatic carbocycles. The van der Waals surface area contributed by atoms with Crippen LogP contribution in [-0.4, -0.2) is 11.6 Å². The average Bonchev–Trinajstić information content (AvgIpc) is 3.96. The molecule has 2 nitrogen and oxygen atoms in total. The first-order valence-electron chi connectivity index (χ1n) is 14.9. The number of hydrogen-bond donors (Lipinski definition) is 0. The monoisotopic (exact) mass is 560 g/mol. The van der Waals surface area contributed by atoms with Crippen LogP contribution in [0.1, 0.15) is 36.5 Å². The van der Waals surface area contributed by atoms with Gasteiger partial charge in [-0.25, -0.2) is 0 Å². The van der Waals surface area contributed by atoms with Gasteiger partial charge in [-0.3, -0.25) is 0 Å². The van der Waals surface area contributed by atoms with Crippen LogP contribution in [0, 0.1) is 23.7 Å². The van der Waals surface area contributed by atoms with E-state index in [4.69, 9.17) is 0 Å². The molecule has 13 rings (SSSR count). The fraction of sp³-hybridized carbons (Fsp3) is 0.351. The van der Waals surface area contributed by atoms with Crippen LogP contribution < -0.4 is 0 Å². The second-order valence-electron chi connectivity index (χ2n) is 16.1. The number of carbonyl (C=O) groups is 2. The zero-order chi connectivity index (χ0) is 26.5. The summed E-state index contributed by atoms with van der Waals surface area (Å²) in [6, 6.07) is 31.2. The van der Waals surface area contributed by atoms with Crippen LogP contribution in [-0.2, 0) is 20.4 Å². The van der Waals surface area contributed by atoms with E-state index in [0.29, 0.717) is 28.9 Å². The molecule has 0 N–H and O–H groups in total. The average molecular weight is 560 g/mol. The molecule has 10 aliphatic rings. The Morgan fingerprint density at radius 1 is 0.700 bits per heavy atom. The molecule has 3 aromatic rings. The molecule has 10 fully saturated rings. The van der Waals surface area contributed by atoms with Gasteiger partial charge >= 0.3 is 225 Å². The molecule has 196 valence electrons. The molecule has 0 aliphatic carbocycles. The zero-order valence-corrected chi connectivity index (χ0v) is 23.3. The van der Waals surface area contributed by atoms with E-state index in [0.717, 1.165) is 24.0 Å². The van der Waals surface area contributed by atoms with E-state index in [-0.39, 0.29) is 28.8 Å². The number of benzene rings is 3. The van der Waals surface area contributed by atoms with Crippen molar-refractivity contribution >= 4 is 11.6 Å². The summed E-state index contributed by atoms with van der Waals surface area (Å²) in [5.74, 6) is 13.6. The molecule has 0 aromatic heterocycles. The molecule has 0 radical (unpaired) electrons. The van der Waals surface area contributed by atoms with Gasteiger partial charge in [-0.05, 0) is 0 Å². The van der Waals surface area contributed by atoms with Crippen molar-refractivity contribution in [3.05, 3.63) is 108 Å². The third-order valence-electron chi connectivity index (χ3n) is 20.1. The summed E-state index contributed by atoms with van der Waals surface area (Å²) >= 11 is 0. The van der Waals surface area contributed by atoms with E-state index in [9.17, 15) is 9.59 Å². The van der Waals surface area contributed by atoms with Crippen molar-refractivity contribution in [3.8, 4) is 23.7 Å². The van der Waals surface area contributed by atoms with Gasteiger partial charge in [0.25, 0.3) is 0 Å². The molecule has 0 saturated carbocycles. The predicted octanol–water partition coefficient (Wildman–Crippen LogP) is 7.63. The molecule has 9 atom stereocenters. The van der Waals surface area contributed by atoms with Gasteiger partial charge in [-0.1, -0.05) is 0 Å². The number of ketones is 2. The Kier molecular flexibility index (Phi) is 1.47. The quantitative estimate of drug-likeness (QED) is 0.238. The Balaban J connectivity index is 1.12.